The molecule has 0 amide bonds. The Labute approximate surface area is 132 Å². The summed E-state index contributed by atoms with van der Waals surface area (Å²) in [6.45, 7) is 10.6. The van der Waals surface area contributed by atoms with Crippen molar-refractivity contribution in [2.75, 3.05) is 0 Å². The lowest BCUT2D eigenvalue weighted by Crippen LogP contribution is -2.53. The fourth-order valence-corrected chi connectivity index (χ4v) is 1.97. The Kier molecular flexibility index (Phi) is 6.30. The fraction of sp³-hybridized carbons (Fsp3) is 0.647. The minimum atomic E-state index is -1.37. The molecule has 3 nitrogen and oxygen atoms in total. The standard InChI is InChI=1S/C17H26O3Si/c1-10-14(4,5)18-17(13-21,19-15(6,7)11-2)20-16(8,9)12-3/h1-3H,13H2,4-9,21H3. The summed E-state index contributed by atoms with van der Waals surface area (Å²) in [7, 11) is 0.753. The topological polar surface area (TPSA) is 27.7 Å². The average Bonchev–Trinajstić information content (AvgIpc) is 2.37. The van der Waals surface area contributed by atoms with Crippen LogP contribution in [-0.4, -0.2) is 33.0 Å². The van der Waals surface area contributed by atoms with E-state index in [9.17, 15) is 0 Å². The van der Waals surface area contributed by atoms with Crippen molar-refractivity contribution >= 4 is 10.2 Å². The molecule has 0 bridgehead atoms. The van der Waals surface area contributed by atoms with Gasteiger partial charge in [0.1, 0.15) is 16.8 Å². The summed E-state index contributed by atoms with van der Waals surface area (Å²) in [5, 5.41) is 0. The first-order valence-electron chi connectivity index (χ1n) is 6.90. The normalized spacial score (nSPS) is 13.3. The molecule has 0 unspecified atom stereocenters. The Morgan fingerprint density at radius 2 is 0.952 bits per heavy atom. The third-order valence-corrected chi connectivity index (χ3v) is 3.57. The zero-order chi connectivity index (χ0) is 16.9. The molecular weight excluding hydrogens is 280 g/mol. The van der Waals surface area contributed by atoms with Gasteiger partial charge >= 0.3 is 0 Å². The van der Waals surface area contributed by atoms with E-state index in [1.807, 2.05) is 0 Å². The van der Waals surface area contributed by atoms with Crippen molar-refractivity contribution < 1.29 is 14.2 Å². The third kappa shape index (κ3) is 6.38. The van der Waals surface area contributed by atoms with Crippen LogP contribution in [0.4, 0.5) is 0 Å². The van der Waals surface area contributed by atoms with Crippen LogP contribution in [0.2, 0.25) is 6.04 Å². The third-order valence-electron chi connectivity index (χ3n) is 2.71. The summed E-state index contributed by atoms with van der Waals surface area (Å²) in [5.41, 5.74) is -2.63. The second-order valence-electron chi connectivity index (χ2n) is 6.31. The molecule has 0 aliphatic rings. The Morgan fingerprint density at radius 1 is 0.714 bits per heavy atom. The Morgan fingerprint density at radius 3 is 1.10 bits per heavy atom. The summed E-state index contributed by atoms with van der Waals surface area (Å²) < 4.78 is 17.9. The van der Waals surface area contributed by atoms with Crippen LogP contribution in [0.5, 0.6) is 0 Å². The molecule has 0 aliphatic heterocycles. The van der Waals surface area contributed by atoms with Crippen molar-refractivity contribution in [3.8, 4) is 37.0 Å². The predicted molar refractivity (Wildman–Crippen MR) is 89.5 cm³/mol. The van der Waals surface area contributed by atoms with Gasteiger partial charge in [-0.1, -0.05) is 17.8 Å². The molecule has 0 N–H and O–H groups in total. The van der Waals surface area contributed by atoms with Crippen LogP contribution in [0, 0.1) is 37.0 Å². The van der Waals surface area contributed by atoms with Gasteiger partial charge in [0.2, 0.25) is 0 Å². The van der Waals surface area contributed by atoms with E-state index in [0.717, 1.165) is 10.2 Å². The minimum absolute atomic E-state index is 0.508. The van der Waals surface area contributed by atoms with Crippen LogP contribution in [0.3, 0.4) is 0 Å². The van der Waals surface area contributed by atoms with Gasteiger partial charge < -0.3 is 14.2 Å². The smallest absolute Gasteiger partial charge is 0.283 e. The van der Waals surface area contributed by atoms with Crippen molar-refractivity contribution in [2.45, 2.75) is 70.4 Å². The molecule has 116 valence electrons. The number of hydrogen-bond donors (Lipinski definition) is 0. The van der Waals surface area contributed by atoms with Crippen molar-refractivity contribution in [1.29, 1.82) is 0 Å². The molecular formula is C17H26O3Si. The van der Waals surface area contributed by atoms with E-state index >= 15 is 0 Å². The minimum Gasteiger partial charge on any atom is -0.308 e. The molecule has 0 heterocycles. The van der Waals surface area contributed by atoms with Gasteiger partial charge in [0.15, 0.2) is 0 Å². The number of hydrogen-bond acceptors (Lipinski definition) is 3. The maximum atomic E-state index is 5.96. The van der Waals surface area contributed by atoms with Gasteiger partial charge in [-0.15, -0.1) is 19.3 Å². The van der Waals surface area contributed by atoms with E-state index in [1.54, 1.807) is 41.5 Å². The lowest BCUT2D eigenvalue weighted by molar-refractivity contribution is -0.424. The molecule has 4 heteroatoms. The monoisotopic (exact) mass is 306 g/mol. The average molecular weight is 306 g/mol. The first-order valence-corrected chi connectivity index (χ1v) is 8.32. The Bertz CT molecular complexity index is 414. The fourth-order valence-electron chi connectivity index (χ4n) is 1.53. The predicted octanol–water partition coefficient (Wildman–Crippen LogP) is 1.71. The van der Waals surface area contributed by atoms with Gasteiger partial charge in [0.05, 0.1) is 0 Å². The molecule has 0 aromatic heterocycles. The summed E-state index contributed by atoms with van der Waals surface area (Å²) in [6, 6.07) is 0.508. The molecule has 21 heavy (non-hydrogen) atoms. The van der Waals surface area contributed by atoms with Crippen molar-refractivity contribution in [3.63, 3.8) is 0 Å². The number of ether oxygens (including phenoxy) is 3. The van der Waals surface area contributed by atoms with Crippen LogP contribution < -0.4 is 0 Å². The largest absolute Gasteiger partial charge is 0.308 e. The number of rotatable bonds is 7. The summed E-state index contributed by atoms with van der Waals surface area (Å²) in [6.07, 6.45) is 16.5. The van der Waals surface area contributed by atoms with Crippen LogP contribution in [0.25, 0.3) is 0 Å². The molecule has 0 aromatic carbocycles. The maximum Gasteiger partial charge on any atom is 0.283 e. The summed E-state index contributed by atoms with van der Waals surface area (Å²) >= 11 is 0. The Balaban J connectivity index is 5.68. The van der Waals surface area contributed by atoms with E-state index in [-0.39, 0.29) is 0 Å². The van der Waals surface area contributed by atoms with E-state index in [0.29, 0.717) is 6.04 Å². The van der Waals surface area contributed by atoms with E-state index in [4.69, 9.17) is 33.5 Å². The molecule has 0 rings (SSSR count). The molecule has 0 saturated heterocycles. The molecule has 0 fully saturated rings. The SMILES string of the molecule is C#CC(C)(C)OC(C[SiH3])(OC(C)(C)C#C)OC(C)(C)C#C. The summed E-state index contributed by atoms with van der Waals surface area (Å²) in [4.78, 5) is 0. The van der Waals surface area contributed by atoms with Crippen LogP contribution in [-0.2, 0) is 14.2 Å². The molecule has 0 saturated carbocycles. The molecule has 0 aliphatic carbocycles. The van der Waals surface area contributed by atoms with Gasteiger partial charge in [-0.05, 0) is 41.5 Å². The van der Waals surface area contributed by atoms with Gasteiger partial charge in [0.25, 0.3) is 5.97 Å². The zero-order valence-electron chi connectivity index (χ0n) is 14.2. The highest BCUT2D eigenvalue weighted by atomic mass is 28.1. The highest BCUT2D eigenvalue weighted by molar-refractivity contribution is 6.09. The Hall–Kier alpha value is -1.22. The first-order chi connectivity index (χ1) is 9.36. The van der Waals surface area contributed by atoms with Crippen LogP contribution in [0.1, 0.15) is 41.5 Å². The highest BCUT2D eigenvalue weighted by Crippen LogP contribution is 2.34. The first kappa shape index (κ1) is 19.8. The second-order valence-corrected chi connectivity index (χ2v) is 7.01. The molecule has 0 spiro atoms. The lowest BCUT2D eigenvalue weighted by Gasteiger charge is -2.43. The van der Waals surface area contributed by atoms with Crippen molar-refractivity contribution in [1.82, 2.24) is 0 Å². The van der Waals surface area contributed by atoms with Gasteiger partial charge in [-0.2, -0.15) is 0 Å². The van der Waals surface area contributed by atoms with Crippen molar-refractivity contribution in [2.24, 2.45) is 0 Å². The van der Waals surface area contributed by atoms with E-state index in [2.05, 4.69) is 17.8 Å². The highest BCUT2D eigenvalue weighted by Gasteiger charge is 2.45. The molecule has 0 radical (unpaired) electrons. The van der Waals surface area contributed by atoms with Gasteiger partial charge in [0, 0.05) is 16.3 Å². The van der Waals surface area contributed by atoms with Gasteiger partial charge in [-0.3, -0.25) is 0 Å². The van der Waals surface area contributed by atoms with Crippen LogP contribution >= 0.6 is 0 Å². The summed E-state index contributed by atoms with van der Waals surface area (Å²) in [5.74, 6) is 6.34. The van der Waals surface area contributed by atoms with Crippen molar-refractivity contribution in [3.05, 3.63) is 0 Å². The van der Waals surface area contributed by atoms with Crippen LogP contribution in [0.15, 0.2) is 0 Å². The quantitative estimate of drug-likeness (QED) is 0.407. The second kappa shape index (κ2) is 6.69. The van der Waals surface area contributed by atoms with E-state index in [1.165, 1.54) is 0 Å². The maximum absolute atomic E-state index is 5.96. The van der Waals surface area contributed by atoms with Gasteiger partial charge in [-0.25, -0.2) is 0 Å². The molecule has 0 atom stereocenters. The van der Waals surface area contributed by atoms with E-state index < -0.39 is 22.8 Å². The molecule has 0 aromatic rings. The zero-order valence-corrected chi connectivity index (χ0v) is 16.2. The lowest BCUT2D eigenvalue weighted by atomic mass is 10.1. The number of terminal acetylenes is 3.